The monoisotopic (exact) mass is 310 g/mol. The first-order valence-corrected chi connectivity index (χ1v) is 8.14. The lowest BCUT2D eigenvalue weighted by Gasteiger charge is -2.41. The second-order valence-electron chi connectivity index (χ2n) is 5.88. The van der Waals surface area contributed by atoms with Crippen molar-refractivity contribution in [2.24, 2.45) is 5.92 Å². The lowest BCUT2D eigenvalue weighted by Crippen LogP contribution is -2.47. The van der Waals surface area contributed by atoms with Crippen molar-refractivity contribution in [3.8, 4) is 5.75 Å². The molecule has 21 heavy (non-hydrogen) atoms. The molecule has 0 aliphatic carbocycles. The first-order valence-electron chi connectivity index (χ1n) is 7.76. The van der Waals surface area contributed by atoms with Gasteiger partial charge in [0.1, 0.15) is 5.75 Å². The molecule has 2 N–H and O–H groups in total. The summed E-state index contributed by atoms with van der Waals surface area (Å²) < 4.78 is 5.51. The van der Waals surface area contributed by atoms with Crippen LogP contribution in [0.4, 0.5) is 0 Å². The largest absolute Gasteiger partial charge is 0.508 e. The molecule has 4 nitrogen and oxygen atoms in total. The minimum Gasteiger partial charge on any atom is -0.508 e. The molecule has 0 spiro atoms. The van der Waals surface area contributed by atoms with Crippen LogP contribution < -0.4 is 5.32 Å². The maximum absolute atomic E-state index is 10.3. The van der Waals surface area contributed by atoms with Crippen LogP contribution in [-0.2, 0) is 4.74 Å². The summed E-state index contributed by atoms with van der Waals surface area (Å²) >= 11 is 6.17. The molecule has 2 heterocycles. The topological polar surface area (TPSA) is 44.7 Å². The molecule has 0 unspecified atom stereocenters. The maximum atomic E-state index is 10.3. The van der Waals surface area contributed by atoms with Gasteiger partial charge in [-0.3, -0.25) is 4.90 Å². The lowest BCUT2D eigenvalue weighted by molar-refractivity contribution is 0.0206. The van der Waals surface area contributed by atoms with Crippen LogP contribution in [0, 0.1) is 5.92 Å². The molecule has 0 radical (unpaired) electrons. The third-order valence-electron chi connectivity index (χ3n) is 4.57. The highest BCUT2D eigenvalue weighted by Crippen LogP contribution is 2.40. The lowest BCUT2D eigenvalue weighted by atomic mass is 9.85. The Morgan fingerprint density at radius 2 is 1.95 bits per heavy atom. The van der Waals surface area contributed by atoms with Crippen LogP contribution in [0.1, 0.15) is 24.4 Å². The van der Waals surface area contributed by atoms with Gasteiger partial charge in [0.05, 0.1) is 0 Å². The Balaban J connectivity index is 1.91. The number of halogens is 1. The Morgan fingerprint density at radius 1 is 1.24 bits per heavy atom. The average Bonchev–Trinajstić information content (AvgIpc) is 2.53. The van der Waals surface area contributed by atoms with Gasteiger partial charge in [-0.25, -0.2) is 0 Å². The molecule has 1 atom stereocenters. The van der Waals surface area contributed by atoms with Gasteiger partial charge in [-0.05, 0) is 37.0 Å². The molecule has 2 aliphatic rings. The van der Waals surface area contributed by atoms with E-state index in [4.69, 9.17) is 16.3 Å². The number of phenols is 1. The van der Waals surface area contributed by atoms with Crippen molar-refractivity contribution in [1.29, 1.82) is 0 Å². The van der Waals surface area contributed by atoms with Crippen molar-refractivity contribution in [1.82, 2.24) is 10.2 Å². The highest BCUT2D eigenvalue weighted by Gasteiger charge is 2.32. The molecular formula is C16H23ClN2O2. The first-order chi connectivity index (χ1) is 10.3. The Morgan fingerprint density at radius 3 is 2.67 bits per heavy atom. The molecule has 1 aromatic rings. The minimum absolute atomic E-state index is 0.231. The van der Waals surface area contributed by atoms with E-state index in [0.29, 0.717) is 16.7 Å². The van der Waals surface area contributed by atoms with Crippen molar-refractivity contribution in [3.05, 3.63) is 28.8 Å². The standard InChI is InChI=1S/C16H23ClN2O2/c17-13-1-2-15(20)14(11-13)16(12-3-9-21-10-4-12)19-7-5-18-6-8-19/h1-2,11-12,16,18,20H,3-10H2/t16-/m1/s1. The summed E-state index contributed by atoms with van der Waals surface area (Å²) in [4.78, 5) is 2.48. The second-order valence-corrected chi connectivity index (χ2v) is 6.32. The molecule has 2 aliphatic heterocycles. The Hall–Kier alpha value is -0.810. The summed E-state index contributed by atoms with van der Waals surface area (Å²) in [5.74, 6) is 0.871. The highest BCUT2D eigenvalue weighted by molar-refractivity contribution is 6.30. The van der Waals surface area contributed by atoms with Gasteiger partial charge in [0, 0.05) is 56.0 Å². The Bertz CT molecular complexity index is 453. The number of ether oxygens (including phenoxy) is 1. The van der Waals surface area contributed by atoms with E-state index in [9.17, 15) is 5.11 Å². The molecule has 0 amide bonds. The van der Waals surface area contributed by atoms with Gasteiger partial charge < -0.3 is 15.2 Å². The number of nitrogens with one attached hydrogen (secondary N) is 1. The number of hydrogen-bond donors (Lipinski definition) is 2. The molecule has 2 fully saturated rings. The van der Waals surface area contributed by atoms with Crippen LogP contribution in [0.3, 0.4) is 0 Å². The summed E-state index contributed by atoms with van der Waals surface area (Å²) in [7, 11) is 0. The van der Waals surface area contributed by atoms with Gasteiger partial charge in [-0.15, -0.1) is 0 Å². The molecule has 0 bridgehead atoms. The summed E-state index contributed by atoms with van der Waals surface area (Å²) in [6.07, 6.45) is 2.08. The molecule has 0 aromatic heterocycles. The summed E-state index contributed by atoms with van der Waals surface area (Å²) in [6.45, 7) is 5.65. The summed E-state index contributed by atoms with van der Waals surface area (Å²) in [5, 5.41) is 14.4. The Labute approximate surface area is 131 Å². The number of phenolic OH excluding ortho intramolecular Hbond substituents is 1. The zero-order valence-corrected chi connectivity index (χ0v) is 13.0. The predicted molar refractivity (Wildman–Crippen MR) is 83.8 cm³/mol. The van der Waals surface area contributed by atoms with Gasteiger partial charge in [0.15, 0.2) is 0 Å². The fraction of sp³-hybridized carbons (Fsp3) is 0.625. The van der Waals surface area contributed by atoms with E-state index in [2.05, 4.69) is 10.2 Å². The van der Waals surface area contributed by atoms with Crippen molar-refractivity contribution in [3.63, 3.8) is 0 Å². The number of rotatable bonds is 3. The minimum atomic E-state index is 0.231. The fourth-order valence-corrected chi connectivity index (χ4v) is 3.68. The summed E-state index contributed by atoms with van der Waals surface area (Å²) in [5.41, 5.74) is 0.969. The van der Waals surface area contributed by atoms with E-state index in [-0.39, 0.29) is 6.04 Å². The third-order valence-corrected chi connectivity index (χ3v) is 4.80. The van der Waals surface area contributed by atoms with E-state index < -0.39 is 0 Å². The molecular weight excluding hydrogens is 288 g/mol. The van der Waals surface area contributed by atoms with Crippen LogP contribution in [-0.4, -0.2) is 49.4 Å². The molecule has 5 heteroatoms. The van der Waals surface area contributed by atoms with Crippen LogP contribution in [0.5, 0.6) is 5.75 Å². The zero-order chi connectivity index (χ0) is 14.7. The molecule has 1 aromatic carbocycles. The van der Waals surface area contributed by atoms with Gasteiger partial charge >= 0.3 is 0 Å². The predicted octanol–water partition coefficient (Wildman–Crippen LogP) is 2.42. The zero-order valence-electron chi connectivity index (χ0n) is 12.2. The smallest absolute Gasteiger partial charge is 0.120 e. The number of nitrogens with zero attached hydrogens (tertiary/aromatic N) is 1. The number of benzene rings is 1. The quantitative estimate of drug-likeness (QED) is 0.900. The van der Waals surface area contributed by atoms with E-state index in [1.54, 1.807) is 12.1 Å². The molecule has 116 valence electrons. The molecule has 3 rings (SSSR count). The normalized spacial score (nSPS) is 23.1. The van der Waals surface area contributed by atoms with E-state index in [0.717, 1.165) is 57.8 Å². The van der Waals surface area contributed by atoms with E-state index in [1.165, 1.54) is 0 Å². The van der Waals surface area contributed by atoms with E-state index >= 15 is 0 Å². The first kappa shape index (κ1) is 15.1. The Kier molecular flexibility index (Phi) is 5.01. The van der Waals surface area contributed by atoms with Gasteiger partial charge in [-0.1, -0.05) is 11.6 Å². The van der Waals surface area contributed by atoms with Crippen LogP contribution >= 0.6 is 11.6 Å². The van der Waals surface area contributed by atoms with Gasteiger partial charge in [0.2, 0.25) is 0 Å². The maximum Gasteiger partial charge on any atom is 0.120 e. The average molecular weight is 311 g/mol. The SMILES string of the molecule is Oc1ccc(Cl)cc1[C@@H](C1CCOCC1)N1CCNCC1. The van der Waals surface area contributed by atoms with Crippen LogP contribution in [0.15, 0.2) is 18.2 Å². The second kappa shape index (κ2) is 6.97. The highest BCUT2D eigenvalue weighted by atomic mass is 35.5. The van der Waals surface area contributed by atoms with Gasteiger partial charge in [-0.2, -0.15) is 0 Å². The van der Waals surface area contributed by atoms with Crippen molar-refractivity contribution < 1.29 is 9.84 Å². The molecule has 0 saturated carbocycles. The van der Waals surface area contributed by atoms with Crippen molar-refractivity contribution in [2.75, 3.05) is 39.4 Å². The van der Waals surface area contributed by atoms with E-state index in [1.807, 2.05) is 6.07 Å². The number of aromatic hydroxyl groups is 1. The van der Waals surface area contributed by atoms with Crippen molar-refractivity contribution >= 4 is 11.6 Å². The number of hydrogen-bond acceptors (Lipinski definition) is 4. The van der Waals surface area contributed by atoms with Gasteiger partial charge in [0.25, 0.3) is 0 Å². The molecule has 2 saturated heterocycles. The van der Waals surface area contributed by atoms with Crippen LogP contribution in [0.2, 0.25) is 5.02 Å². The summed E-state index contributed by atoms with van der Waals surface area (Å²) in [6, 6.07) is 5.62. The number of piperazine rings is 1. The van der Waals surface area contributed by atoms with Crippen LogP contribution in [0.25, 0.3) is 0 Å². The third kappa shape index (κ3) is 3.51. The van der Waals surface area contributed by atoms with Crippen molar-refractivity contribution in [2.45, 2.75) is 18.9 Å². The fourth-order valence-electron chi connectivity index (χ4n) is 3.50.